The van der Waals surface area contributed by atoms with Crippen LogP contribution in [0.2, 0.25) is 0 Å². The van der Waals surface area contributed by atoms with Crippen LogP contribution >= 0.6 is 0 Å². The minimum atomic E-state index is -0.116. The van der Waals surface area contributed by atoms with E-state index in [1.54, 1.807) is 4.90 Å². The molecular formula is C23H32N4O3. The third-order valence-corrected chi connectivity index (χ3v) is 6.32. The van der Waals surface area contributed by atoms with Crippen LogP contribution in [0.15, 0.2) is 24.3 Å². The Labute approximate surface area is 178 Å². The minimum Gasteiger partial charge on any atom is -0.356 e. The van der Waals surface area contributed by atoms with Crippen molar-refractivity contribution in [3.8, 4) is 0 Å². The summed E-state index contributed by atoms with van der Waals surface area (Å²) in [5, 5.41) is 6.04. The van der Waals surface area contributed by atoms with Gasteiger partial charge in [0.1, 0.15) is 0 Å². The van der Waals surface area contributed by atoms with Crippen LogP contribution in [-0.2, 0) is 22.7 Å². The topological polar surface area (TPSA) is 81.8 Å². The molecule has 0 radical (unpaired) electrons. The Kier molecular flexibility index (Phi) is 6.55. The molecule has 1 unspecified atom stereocenters. The van der Waals surface area contributed by atoms with Gasteiger partial charge in [0, 0.05) is 45.7 Å². The number of urea groups is 1. The average molecular weight is 413 g/mol. The summed E-state index contributed by atoms with van der Waals surface area (Å²) in [6, 6.07) is 7.91. The molecule has 4 rings (SSSR count). The SMILES string of the molecule is O=C(NCC1CC1)C1CCCN(C(=O)NCc2cccc(CN3CCCC3=O)c2)C1. The lowest BCUT2D eigenvalue weighted by molar-refractivity contribution is -0.128. The summed E-state index contributed by atoms with van der Waals surface area (Å²) in [5.74, 6) is 0.860. The lowest BCUT2D eigenvalue weighted by atomic mass is 9.97. The van der Waals surface area contributed by atoms with Crippen LogP contribution < -0.4 is 10.6 Å². The van der Waals surface area contributed by atoms with Crippen molar-refractivity contribution in [3.05, 3.63) is 35.4 Å². The van der Waals surface area contributed by atoms with Crippen molar-refractivity contribution in [2.75, 3.05) is 26.2 Å². The van der Waals surface area contributed by atoms with Crippen LogP contribution in [0.1, 0.15) is 49.7 Å². The molecular weight excluding hydrogens is 380 g/mol. The van der Waals surface area contributed by atoms with Gasteiger partial charge in [-0.25, -0.2) is 4.79 Å². The molecule has 2 saturated heterocycles. The number of carbonyl (C=O) groups is 3. The highest BCUT2D eigenvalue weighted by Crippen LogP contribution is 2.28. The minimum absolute atomic E-state index is 0.0866. The number of hydrogen-bond donors (Lipinski definition) is 2. The van der Waals surface area contributed by atoms with Crippen molar-refractivity contribution in [3.63, 3.8) is 0 Å². The smallest absolute Gasteiger partial charge is 0.317 e. The molecule has 1 atom stereocenters. The van der Waals surface area contributed by atoms with Crippen molar-refractivity contribution >= 4 is 17.8 Å². The fourth-order valence-electron chi connectivity index (χ4n) is 4.31. The first-order valence-electron chi connectivity index (χ1n) is 11.2. The summed E-state index contributed by atoms with van der Waals surface area (Å²) in [5.41, 5.74) is 2.10. The number of hydrogen-bond acceptors (Lipinski definition) is 3. The summed E-state index contributed by atoms with van der Waals surface area (Å²) in [7, 11) is 0. The molecule has 0 aromatic heterocycles. The summed E-state index contributed by atoms with van der Waals surface area (Å²) in [6.45, 7) is 3.85. The number of nitrogens with one attached hydrogen (secondary N) is 2. The predicted molar refractivity (Wildman–Crippen MR) is 113 cm³/mol. The summed E-state index contributed by atoms with van der Waals surface area (Å²) >= 11 is 0. The van der Waals surface area contributed by atoms with E-state index in [-0.39, 0.29) is 23.8 Å². The molecule has 7 heteroatoms. The molecule has 0 bridgehead atoms. The molecule has 2 N–H and O–H groups in total. The normalized spacial score (nSPS) is 21.6. The highest BCUT2D eigenvalue weighted by atomic mass is 16.2. The molecule has 1 aliphatic carbocycles. The second kappa shape index (κ2) is 9.49. The maximum Gasteiger partial charge on any atom is 0.317 e. The van der Waals surface area contributed by atoms with Crippen LogP contribution in [0, 0.1) is 11.8 Å². The first-order valence-corrected chi connectivity index (χ1v) is 11.2. The van der Waals surface area contributed by atoms with Crippen molar-refractivity contribution in [1.82, 2.24) is 20.4 Å². The zero-order chi connectivity index (χ0) is 20.9. The van der Waals surface area contributed by atoms with E-state index in [0.717, 1.165) is 43.5 Å². The van der Waals surface area contributed by atoms with E-state index in [9.17, 15) is 14.4 Å². The second-order valence-electron chi connectivity index (χ2n) is 8.87. The molecule has 1 aromatic carbocycles. The molecule has 7 nitrogen and oxygen atoms in total. The maximum atomic E-state index is 12.7. The zero-order valence-corrected chi connectivity index (χ0v) is 17.6. The highest BCUT2D eigenvalue weighted by molar-refractivity contribution is 5.81. The Hall–Kier alpha value is -2.57. The van der Waals surface area contributed by atoms with Crippen LogP contribution in [0.4, 0.5) is 4.79 Å². The number of rotatable bonds is 7. The first-order chi connectivity index (χ1) is 14.6. The predicted octanol–water partition coefficient (Wildman–Crippen LogP) is 2.26. The van der Waals surface area contributed by atoms with Gasteiger partial charge in [0.05, 0.1) is 5.92 Å². The molecule has 0 spiro atoms. The number of piperidine rings is 1. The van der Waals surface area contributed by atoms with E-state index in [0.29, 0.717) is 38.5 Å². The van der Waals surface area contributed by atoms with Crippen LogP contribution in [0.3, 0.4) is 0 Å². The maximum absolute atomic E-state index is 12.7. The standard InChI is InChI=1S/C23H32N4O3/c28-21-7-3-10-26(21)15-19-5-1-4-18(12-19)14-25-23(30)27-11-2-6-20(16-27)22(29)24-13-17-8-9-17/h1,4-5,12,17,20H,2-3,6-11,13-16H2,(H,24,29)(H,25,30). The molecule has 3 fully saturated rings. The fourth-order valence-corrected chi connectivity index (χ4v) is 4.31. The van der Waals surface area contributed by atoms with Crippen molar-refractivity contribution in [2.45, 2.75) is 51.6 Å². The number of likely N-dealkylation sites (tertiary alicyclic amines) is 2. The monoisotopic (exact) mass is 412 g/mol. The van der Waals surface area contributed by atoms with E-state index in [1.165, 1.54) is 12.8 Å². The van der Waals surface area contributed by atoms with Crippen molar-refractivity contribution in [1.29, 1.82) is 0 Å². The summed E-state index contributed by atoms with van der Waals surface area (Å²) in [6.07, 6.45) is 5.71. The number of benzene rings is 1. The van der Waals surface area contributed by atoms with E-state index >= 15 is 0 Å². The fraction of sp³-hybridized carbons (Fsp3) is 0.609. The molecule has 2 heterocycles. The third-order valence-electron chi connectivity index (χ3n) is 6.32. The quantitative estimate of drug-likeness (QED) is 0.721. The number of amides is 4. The van der Waals surface area contributed by atoms with Gasteiger partial charge in [-0.1, -0.05) is 24.3 Å². The Morgan fingerprint density at radius 1 is 1.03 bits per heavy atom. The Balaban J connectivity index is 1.25. The van der Waals surface area contributed by atoms with Gasteiger partial charge < -0.3 is 20.4 Å². The van der Waals surface area contributed by atoms with Crippen LogP contribution in [-0.4, -0.2) is 53.8 Å². The van der Waals surface area contributed by atoms with Crippen LogP contribution in [0.5, 0.6) is 0 Å². The second-order valence-corrected chi connectivity index (χ2v) is 8.87. The molecule has 2 aliphatic heterocycles. The van der Waals surface area contributed by atoms with Gasteiger partial charge in [0.25, 0.3) is 0 Å². The van der Waals surface area contributed by atoms with E-state index in [2.05, 4.69) is 16.7 Å². The highest BCUT2D eigenvalue weighted by Gasteiger charge is 2.29. The van der Waals surface area contributed by atoms with Gasteiger partial charge in [-0.2, -0.15) is 0 Å². The Morgan fingerprint density at radius 3 is 2.63 bits per heavy atom. The van der Waals surface area contributed by atoms with Gasteiger partial charge in [-0.3, -0.25) is 9.59 Å². The van der Waals surface area contributed by atoms with E-state index < -0.39 is 0 Å². The number of carbonyl (C=O) groups excluding carboxylic acids is 3. The van der Waals surface area contributed by atoms with Gasteiger partial charge in [-0.15, -0.1) is 0 Å². The van der Waals surface area contributed by atoms with Gasteiger partial charge in [-0.05, 0) is 49.1 Å². The molecule has 3 aliphatic rings. The molecule has 1 saturated carbocycles. The number of nitrogens with zero attached hydrogens (tertiary/aromatic N) is 2. The zero-order valence-electron chi connectivity index (χ0n) is 17.6. The average Bonchev–Trinajstić information content (AvgIpc) is 3.52. The largest absolute Gasteiger partial charge is 0.356 e. The first kappa shape index (κ1) is 20.7. The van der Waals surface area contributed by atoms with Gasteiger partial charge in [0.2, 0.25) is 11.8 Å². The molecule has 4 amide bonds. The lowest BCUT2D eigenvalue weighted by Gasteiger charge is -2.32. The summed E-state index contributed by atoms with van der Waals surface area (Å²) < 4.78 is 0. The van der Waals surface area contributed by atoms with Gasteiger partial charge >= 0.3 is 6.03 Å². The van der Waals surface area contributed by atoms with Gasteiger partial charge in [0.15, 0.2) is 0 Å². The van der Waals surface area contributed by atoms with E-state index in [4.69, 9.17) is 0 Å². The Morgan fingerprint density at radius 2 is 1.87 bits per heavy atom. The Bertz CT molecular complexity index is 792. The molecule has 162 valence electrons. The van der Waals surface area contributed by atoms with Crippen molar-refractivity contribution in [2.24, 2.45) is 11.8 Å². The van der Waals surface area contributed by atoms with Crippen LogP contribution in [0.25, 0.3) is 0 Å². The molecule has 1 aromatic rings. The summed E-state index contributed by atoms with van der Waals surface area (Å²) in [4.78, 5) is 40.5. The third kappa shape index (κ3) is 5.52. The molecule has 30 heavy (non-hydrogen) atoms. The van der Waals surface area contributed by atoms with E-state index in [1.807, 2.05) is 23.1 Å². The van der Waals surface area contributed by atoms with Crippen molar-refractivity contribution < 1.29 is 14.4 Å². The lowest BCUT2D eigenvalue weighted by Crippen LogP contribution is -2.49.